The van der Waals surface area contributed by atoms with Crippen LogP contribution >= 0.6 is 0 Å². The summed E-state index contributed by atoms with van der Waals surface area (Å²) in [5, 5.41) is 15.3. The topological polar surface area (TPSA) is 106 Å². The van der Waals surface area contributed by atoms with E-state index in [1.165, 1.54) is 18.2 Å². The zero-order chi connectivity index (χ0) is 27.6. The fourth-order valence-electron chi connectivity index (χ4n) is 2.76. The molecule has 0 fully saturated rings. The summed E-state index contributed by atoms with van der Waals surface area (Å²) in [5.74, 6) is -0.439. The summed E-state index contributed by atoms with van der Waals surface area (Å²) in [5.41, 5.74) is 1.01. The fourth-order valence-corrected chi connectivity index (χ4v) is 2.76. The lowest BCUT2D eigenvalue weighted by atomic mass is 10.1. The van der Waals surface area contributed by atoms with Gasteiger partial charge in [0.05, 0.1) is 5.56 Å². The predicted molar refractivity (Wildman–Crippen MR) is 135 cm³/mol. The standard InChI is InChI=1S/C24H25F3N4O4.C2H6/c1-23(2,3)35-21(33)16-6-8-17(9-7-16)29-22-30-19(12-20(31-22)34-14-24(25,26)27)28-13-15-4-10-18(32)11-5-15;1-2/h4-12,32H,13-14H2,1-3H3,(H2,28,29,30,31);1-2H3. The van der Waals surface area contributed by atoms with Crippen LogP contribution in [0.4, 0.5) is 30.6 Å². The molecule has 3 aromatic rings. The highest BCUT2D eigenvalue weighted by Gasteiger charge is 2.29. The van der Waals surface area contributed by atoms with Gasteiger partial charge in [-0.2, -0.15) is 23.1 Å². The molecule has 1 aromatic heterocycles. The van der Waals surface area contributed by atoms with E-state index in [9.17, 15) is 23.1 Å². The lowest BCUT2D eigenvalue weighted by Gasteiger charge is -2.19. The molecule has 0 amide bonds. The van der Waals surface area contributed by atoms with Gasteiger partial charge < -0.3 is 25.2 Å². The highest BCUT2D eigenvalue weighted by molar-refractivity contribution is 5.90. The van der Waals surface area contributed by atoms with Gasteiger partial charge in [-0.15, -0.1) is 0 Å². The van der Waals surface area contributed by atoms with Crippen molar-refractivity contribution in [3.05, 3.63) is 65.7 Å². The van der Waals surface area contributed by atoms with Crippen molar-refractivity contribution in [2.45, 2.75) is 52.9 Å². The summed E-state index contributed by atoms with van der Waals surface area (Å²) < 4.78 is 48.0. The molecular weight excluding hydrogens is 489 g/mol. The van der Waals surface area contributed by atoms with E-state index in [0.29, 0.717) is 17.8 Å². The first kappa shape index (κ1) is 29.2. The molecular formula is C26H31F3N4O4. The number of hydrogen-bond acceptors (Lipinski definition) is 8. The number of benzene rings is 2. The maximum Gasteiger partial charge on any atom is 0.422 e. The molecule has 0 bridgehead atoms. The number of halogens is 3. The van der Waals surface area contributed by atoms with Gasteiger partial charge in [-0.25, -0.2) is 4.79 Å². The molecule has 0 aliphatic heterocycles. The number of alkyl halides is 3. The lowest BCUT2D eigenvalue weighted by Crippen LogP contribution is -2.23. The second-order valence-corrected chi connectivity index (χ2v) is 8.54. The third-order valence-electron chi connectivity index (χ3n) is 4.27. The molecule has 37 heavy (non-hydrogen) atoms. The van der Waals surface area contributed by atoms with E-state index in [-0.39, 0.29) is 23.4 Å². The van der Waals surface area contributed by atoms with Crippen molar-refractivity contribution in [1.29, 1.82) is 0 Å². The summed E-state index contributed by atoms with van der Waals surface area (Å²) in [6.45, 7) is 8.07. The predicted octanol–water partition coefficient (Wildman–Crippen LogP) is 6.46. The second-order valence-electron chi connectivity index (χ2n) is 8.54. The maximum atomic E-state index is 12.6. The smallest absolute Gasteiger partial charge is 0.422 e. The summed E-state index contributed by atoms with van der Waals surface area (Å²) >= 11 is 0. The molecule has 0 saturated carbocycles. The molecule has 200 valence electrons. The molecule has 0 spiro atoms. The Kier molecular flexibility index (Phi) is 10.1. The average molecular weight is 521 g/mol. The molecule has 0 radical (unpaired) electrons. The van der Waals surface area contributed by atoms with E-state index >= 15 is 0 Å². The Morgan fingerprint density at radius 3 is 2.16 bits per heavy atom. The Balaban J connectivity index is 0.00000235. The molecule has 1 heterocycles. The molecule has 0 aliphatic carbocycles. The first-order chi connectivity index (χ1) is 17.4. The molecule has 0 aliphatic rings. The minimum Gasteiger partial charge on any atom is -0.508 e. The maximum absolute atomic E-state index is 12.6. The van der Waals surface area contributed by atoms with E-state index in [0.717, 1.165) is 5.56 Å². The van der Waals surface area contributed by atoms with Crippen molar-refractivity contribution < 1.29 is 32.5 Å². The SMILES string of the molecule is CC.CC(C)(C)OC(=O)c1ccc(Nc2nc(NCc3ccc(O)cc3)cc(OCC(F)(F)F)n2)cc1. The average Bonchev–Trinajstić information content (AvgIpc) is 2.82. The normalized spacial score (nSPS) is 11.1. The van der Waals surface area contributed by atoms with Crippen molar-refractivity contribution in [3.63, 3.8) is 0 Å². The summed E-state index contributed by atoms with van der Waals surface area (Å²) in [6.07, 6.45) is -4.53. The summed E-state index contributed by atoms with van der Waals surface area (Å²) in [6, 6.07) is 13.9. The summed E-state index contributed by atoms with van der Waals surface area (Å²) in [7, 11) is 0. The van der Waals surface area contributed by atoms with Crippen LogP contribution in [0.15, 0.2) is 54.6 Å². The Hall–Kier alpha value is -4.02. The zero-order valence-corrected chi connectivity index (χ0v) is 21.3. The molecule has 2 aromatic carbocycles. The number of ether oxygens (including phenoxy) is 2. The van der Waals surface area contributed by atoms with Crippen LogP contribution in [0.5, 0.6) is 11.6 Å². The van der Waals surface area contributed by atoms with E-state index in [4.69, 9.17) is 9.47 Å². The van der Waals surface area contributed by atoms with Crippen LogP contribution in [0.2, 0.25) is 0 Å². The number of carbonyl (C=O) groups is 1. The van der Waals surface area contributed by atoms with Crippen molar-refractivity contribution >= 4 is 23.4 Å². The van der Waals surface area contributed by atoms with Crippen LogP contribution in [0.3, 0.4) is 0 Å². The van der Waals surface area contributed by atoms with E-state index in [2.05, 4.69) is 20.6 Å². The van der Waals surface area contributed by atoms with Gasteiger partial charge >= 0.3 is 12.1 Å². The Labute approximate surface area is 213 Å². The van der Waals surface area contributed by atoms with Crippen molar-refractivity contribution in [1.82, 2.24) is 9.97 Å². The number of esters is 1. The number of nitrogens with one attached hydrogen (secondary N) is 2. The van der Waals surface area contributed by atoms with Gasteiger partial charge in [0.2, 0.25) is 11.8 Å². The quantitative estimate of drug-likeness (QED) is 0.291. The summed E-state index contributed by atoms with van der Waals surface area (Å²) in [4.78, 5) is 20.5. The van der Waals surface area contributed by atoms with Crippen LogP contribution in [0.25, 0.3) is 0 Å². The Morgan fingerprint density at radius 1 is 0.973 bits per heavy atom. The molecule has 0 unspecified atom stereocenters. The zero-order valence-electron chi connectivity index (χ0n) is 21.3. The lowest BCUT2D eigenvalue weighted by molar-refractivity contribution is -0.154. The van der Waals surface area contributed by atoms with Crippen molar-refractivity contribution in [2.75, 3.05) is 17.2 Å². The van der Waals surface area contributed by atoms with E-state index < -0.39 is 24.4 Å². The fraction of sp³-hybridized carbons (Fsp3) is 0.346. The largest absolute Gasteiger partial charge is 0.508 e. The van der Waals surface area contributed by atoms with Crippen molar-refractivity contribution in [2.24, 2.45) is 0 Å². The van der Waals surface area contributed by atoms with Gasteiger partial charge in [0, 0.05) is 18.3 Å². The van der Waals surface area contributed by atoms with Crippen LogP contribution in [-0.2, 0) is 11.3 Å². The first-order valence-electron chi connectivity index (χ1n) is 11.6. The van der Waals surface area contributed by atoms with E-state index in [1.54, 1.807) is 57.2 Å². The molecule has 0 atom stereocenters. The number of nitrogens with zero attached hydrogens (tertiary/aromatic N) is 2. The molecule has 0 saturated heterocycles. The van der Waals surface area contributed by atoms with Crippen LogP contribution < -0.4 is 15.4 Å². The second kappa shape index (κ2) is 12.8. The minimum atomic E-state index is -4.53. The molecule has 3 N–H and O–H groups in total. The molecule has 8 nitrogen and oxygen atoms in total. The number of hydrogen-bond donors (Lipinski definition) is 3. The monoisotopic (exact) mass is 520 g/mol. The number of aromatic nitrogens is 2. The number of aromatic hydroxyl groups is 1. The van der Waals surface area contributed by atoms with Gasteiger partial charge in [0.25, 0.3) is 0 Å². The Bertz CT molecular complexity index is 1150. The number of phenolic OH excluding ortho intramolecular Hbond substituents is 1. The van der Waals surface area contributed by atoms with Gasteiger partial charge in [-0.1, -0.05) is 26.0 Å². The Morgan fingerprint density at radius 2 is 1.59 bits per heavy atom. The number of phenols is 1. The van der Waals surface area contributed by atoms with Crippen LogP contribution in [0.1, 0.15) is 50.5 Å². The first-order valence-corrected chi connectivity index (χ1v) is 11.6. The van der Waals surface area contributed by atoms with Gasteiger partial charge in [-0.3, -0.25) is 0 Å². The van der Waals surface area contributed by atoms with Gasteiger partial charge in [0.1, 0.15) is 17.2 Å². The highest BCUT2D eigenvalue weighted by atomic mass is 19.4. The molecule has 3 rings (SSSR count). The van der Waals surface area contributed by atoms with Gasteiger partial charge in [0.15, 0.2) is 6.61 Å². The van der Waals surface area contributed by atoms with Crippen LogP contribution in [-0.4, -0.2) is 39.4 Å². The van der Waals surface area contributed by atoms with E-state index in [1.807, 2.05) is 13.8 Å². The number of anilines is 3. The third-order valence-corrected chi connectivity index (χ3v) is 4.27. The number of rotatable bonds is 8. The van der Waals surface area contributed by atoms with Crippen LogP contribution in [0, 0.1) is 0 Å². The highest BCUT2D eigenvalue weighted by Crippen LogP contribution is 2.23. The number of carbonyl (C=O) groups excluding carboxylic acids is 1. The molecule has 11 heteroatoms. The minimum absolute atomic E-state index is 0.0112. The van der Waals surface area contributed by atoms with Crippen molar-refractivity contribution in [3.8, 4) is 11.6 Å². The third kappa shape index (κ3) is 10.6. The van der Waals surface area contributed by atoms with Gasteiger partial charge in [-0.05, 0) is 62.7 Å².